The van der Waals surface area contributed by atoms with Crippen LogP contribution in [-0.2, 0) is 26.6 Å². The normalized spacial score (nSPS) is 11.7. The highest BCUT2D eigenvalue weighted by atomic mass is 32.2. The number of benzene rings is 1. The maximum absolute atomic E-state index is 13.6. The Labute approximate surface area is 179 Å². The molecule has 166 valence electrons. The predicted molar refractivity (Wildman–Crippen MR) is 117 cm³/mol. The van der Waals surface area contributed by atoms with Gasteiger partial charge in [0.15, 0.2) is 0 Å². The van der Waals surface area contributed by atoms with Crippen LogP contribution in [0.3, 0.4) is 0 Å². The summed E-state index contributed by atoms with van der Waals surface area (Å²) in [4.78, 5) is 12.7. The molecule has 0 fully saturated rings. The third-order valence-electron chi connectivity index (χ3n) is 4.97. The number of carbonyl (C=O) groups excluding carboxylic acids is 1. The highest BCUT2D eigenvalue weighted by Crippen LogP contribution is 2.28. The monoisotopic (exact) mass is 436 g/mol. The molecular weight excluding hydrogens is 404 g/mol. The van der Waals surface area contributed by atoms with Crippen LogP contribution < -0.4 is 9.62 Å². The maximum Gasteiger partial charge on any atom is 0.268 e. The van der Waals surface area contributed by atoms with E-state index in [9.17, 15) is 13.2 Å². The standard InChI is InChI=1S/C21H32N4O4S/c1-15(2)18-8-10-19(11-9-18)25(14-20(26)22-12-7-13-29-6)30(27,28)21-16(3)23-24(5)17(21)4/h8-11,15H,7,12-14H2,1-6H3,(H,22,26). The second-order valence-electron chi connectivity index (χ2n) is 7.58. The lowest BCUT2D eigenvalue weighted by molar-refractivity contribution is -0.119. The molecule has 1 heterocycles. The third-order valence-corrected chi connectivity index (χ3v) is 7.00. The van der Waals surface area contributed by atoms with E-state index in [4.69, 9.17) is 4.74 Å². The Bertz CT molecular complexity index is 966. The number of nitrogens with one attached hydrogen (secondary N) is 1. The van der Waals surface area contributed by atoms with Crippen molar-refractivity contribution in [2.75, 3.05) is 31.1 Å². The van der Waals surface area contributed by atoms with E-state index in [0.29, 0.717) is 42.6 Å². The number of sulfonamides is 1. The van der Waals surface area contributed by atoms with E-state index in [2.05, 4.69) is 24.3 Å². The molecule has 0 bridgehead atoms. The number of carbonyl (C=O) groups is 1. The Morgan fingerprint density at radius 3 is 2.37 bits per heavy atom. The zero-order chi connectivity index (χ0) is 22.5. The van der Waals surface area contributed by atoms with Gasteiger partial charge in [-0.3, -0.25) is 13.8 Å². The Kier molecular flexibility index (Phi) is 8.03. The van der Waals surface area contributed by atoms with E-state index >= 15 is 0 Å². The number of aromatic nitrogens is 2. The molecule has 30 heavy (non-hydrogen) atoms. The summed E-state index contributed by atoms with van der Waals surface area (Å²) in [7, 11) is -0.701. The molecule has 0 saturated heterocycles. The van der Waals surface area contributed by atoms with Crippen LogP contribution in [0.5, 0.6) is 0 Å². The molecule has 0 spiro atoms. The first-order valence-electron chi connectivity index (χ1n) is 9.98. The first-order chi connectivity index (χ1) is 14.1. The van der Waals surface area contributed by atoms with Crippen LogP contribution in [0.1, 0.15) is 43.1 Å². The Morgan fingerprint density at radius 1 is 1.23 bits per heavy atom. The molecular formula is C21H32N4O4S. The summed E-state index contributed by atoms with van der Waals surface area (Å²) < 4.78 is 34.8. The van der Waals surface area contributed by atoms with Gasteiger partial charge in [-0.1, -0.05) is 26.0 Å². The topological polar surface area (TPSA) is 93.5 Å². The van der Waals surface area contributed by atoms with Gasteiger partial charge in [0.1, 0.15) is 11.4 Å². The quantitative estimate of drug-likeness (QED) is 0.578. The van der Waals surface area contributed by atoms with E-state index in [-0.39, 0.29) is 17.3 Å². The van der Waals surface area contributed by atoms with Crippen LogP contribution >= 0.6 is 0 Å². The first kappa shape index (κ1) is 23.9. The lowest BCUT2D eigenvalue weighted by atomic mass is 10.0. The van der Waals surface area contributed by atoms with Crippen molar-refractivity contribution in [3.8, 4) is 0 Å². The van der Waals surface area contributed by atoms with Crippen molar-refractivity contribution in [3.63, 3.8) is 0 Å². The number of amides is 1. The van der Waals surface area contributed by atoms with Gasteiger partial charge in [-0.25, -0.2) is 8.42 Å². The van der Waals surface area contributed by atoms with Crippen molar-refractivity contribution in [3.05, 3.63) is 41.2 Å². The van der Waals surface area contributed by atoms with Crippen LogP contribution in [0.15, 0.2) is 29.2 Å². The van der Waals surface area contributed by atoms with E-state index in [0.717, 1.165) is 9.87 Å². The van der Waals surface area contributed by atoms with E-state index in [1.54, 1.807) is 40.1 Å². The molecule has 0 aliphatic rings. The molecule has 0 aliphatic carbocycles. The number of anilines is 1. The highest BCUT2D eigenvalue weighted by molar-refractivity contribution is 7.93. The zero-order valence-electron chi connectivity index (χ0n) is 18.6. The molecule has 2 rings (SSSR count). The lowest BCUT2D eigenvalue weighted by Gasteiger charge is -2.24. The van der Waals surface area contributed by atoms with Gasteiger partial charge in [-0.15, -0.1) is 0 Å². The van der Waals surface area contributed by atoms with Crippen molar-refractivity contribution >= 4 is 21.6 Å². The fourth-order valence-electron chi connectivity index (χ4n) is 3.21. The number of hydrogen-bond acceptors (Lipinski definition) is 5. The molecule has 1 N–H and O–H groups in total. The highest BCUT2D eigenvalue weighted by Gasteiger charge is 2.32. The fraction of sp³-hybridized carbons (Fsp3) is 0.524. The van der Waals surface area contributed by atoms with Crippen LogP contribution in [-0.4, -0.2) is 50.9 Å². The number of methoxy groups -OCH3 is 1. The Hall–Kier alpha value is -2.39. The minimum atomic E-state index is -3.99. The zero-order valence-corrected chi connectivity index (χ0v) is 19.4. The summed E-state index contributed by atoms with van der Waals surface area (Å²) >= 11 is 0. The van der Waals surface area contributed by atoms with Gasteiger partial charge in [0, 0.05) is 27.3 Å². The molecule has 1 aromatic carbocycles. The van der Waals surface area contributed by atoms with Crippen molar-refractivity contribution in [2.24, 2.45) is 7.05 Å². The van der Waals surface area contributed by atoms with Crippen molar-refractivity contribution in [2.45, 2.75) is 44.9 Å². The number of aryl methyl sites for hydroxylation is 2. The molecule has 1 amide bonds. The van der Waals surface area contributed by atoms with Crippen molar-refractivity contribution in [1.29, 1.82) is 0 Å². The lowest BCUT2D eigenvalue weighted by Crippen LogP contribution is -2.41. The molecule has 0 aliphatic heterocycles. The minimum Gasteiger partial charge on any atom is -0.385 e. The number of ether oxygens (including phenoxy) is 1. The van der Waals surface area contributed by atoms with Crippen LogP contribution in [0.4, 0.5) is 5.69 Å². The van der Waals surface area contributed by atoms with Gasteiger partial charge in [-0.2, -0.15) is 5.10 Å². The second kappa shape index (κ2) is 10.1. The summed E-state index contributed by atoms with van der Waals surface area (Å²) in [6, 6.07) is 7.27. The summed E-state index contributed by atoms with van der Waals surface area (Å²) in [5.41, 5.74) is 2.46. The molecule has 1 aromatic heterocycles. The molecule has 0 atom stereocenters. The molecule has 0 unspecified atom stereocenters. The van der Waals surface area contributed by atoms with Gasteiger partial charge in [0.2, 0.25) is 5.91 Å². The van der Waals surface area contributed by atoms with E-state index in [1.807, 2.05) is 12.1 Å². The third kappa shape index (κ3) is 5.40. The maximum atomic E-state index is 13.6. The van der Waals surface area contributed by atoms with Crippen LogP contribution in [0.25, 0.3) is 0 Å². The Morgan fingerprint density at radius 2 is 1.87 bits per heavy atom. The van der Waals surface area contributed by atoms with Gasteiger partial charge in [0.05, 0.1) is 17.1 Å². The summed E-state index contributed by atoms with van der Waals surface area (Å²) in [5.74, 6) is -0.0576. The van der Waals surface area contributed by atoms with Gasteiger partial charge in [0.25, 0.3) is 10.0 Å². The van der Waals surface area contributed by atoms with Crippen molar-refractivity contribution < 1.29 is 17.9 Å². The van der Waals surface area contributed by atoms with Crippen LogP contribution in [0, 0.1) is 13.8 Å². The van der Waals surface area contributed by atoms with Crippen LogP contribution in [0.2, 0.25) is 0 Å². The number of rotatable bonds is 10. The summed E-state index contributed by atoms with van der Waals surface area (Å²) in [6.45, 7) is 8.12. The molecule has 0 radical (unpaired) electrons. The predicted octanol–water partition coefficient (Wildman–Crippen LogP) is 2.51. The van der Waals surface area contributed by atoms with Crippen molar-refractivity contribution in [1.82, 2.24) is 15.1 Å². The van der Waals surface area contributed by atoms with E-state index in [1.165, 1.54) is 4.68 Å². The van der Waals surface area contributed by atoms with Gasteiger partial charge < -0.3 is 10.1 Å². The summed E-state index contributed by atoms with van der Waals surface area (Å²) in [5, 5.41) is 7.00. The van der Waals surface area contributed by atoms with Gasteiger partial charge in [-0.05, 0) is 43.9 Å². The molecule has 9 heteroatoms. The smallest absolute Gasteiger partial charge is 0.268 e. The summed E-state index contributed by atoms with van der Waals surface area (Å²) in [6.07, 6.45) is 0.652. The minimum absolute atomic E-state index is 0.130. The SMILES string of the molecule is COCCCNC(=O)CN(c1ccc(C(C)C)cc1)S(=O)(=O)c1c(C)nn(C)c1C. The molecule has 8 nitrogen and oxygen atoms in total. The second-order valence-corrected chi connectivity index (χ2v) is 9.38. The first-order valence-corrected chi connectivity index (χ1v) is 11.4. The number of hydrogen-bond donors (Lipinski definition) is 1. The largest absolute Gasteiger partial charge is 0.385 e. The number of nitrogens with zero attached hydrogens (tertiary/aromatic N) is 3. The fourth-order valence-corrected chi connectivity index (χ4v) is 5.04. The van der Waals surface area contributed by atoms with E-state index < -0.39 is 10.0 Å². The average molecular weight is 437 g/mol. The molecule has 0 saturated carbocycles. The van der Waals surface area contributed by atoms with Gasteiger partial charge >= 0.3 is 0 Å². The average Bonchev–Trinajstić information content (AvgIpc) is 2.95. The Balaban J connectivity index is 2.41. The molecule has 2 aromatic rings.